The van der Waals surface area contributed by atoms with Gasteiger partial charge in [-0.05, 0) is 122 Å². The van der Waals surface area contributed by atoms with Crippen LogP contribution in [0, 0.1) is 11.8 Å². The highest BCUT2D eigenvalue weighted by Gasteiger charge is 2.29. The Morgan fingerprint density at radius 3 is 1.43 bits per heavy atom. The molecule has 8 rings (SSSR count). The summed E-state index contributed by atoms with van der Waals surface area (Å²) in [7, 11) is 0. The molecule has 1 aliphatic carbocycles. The molecular formula is C60H57Cl8N5O7. The average Bonchev–Trinajstić information content (AvgIpc) is 4.30. The second-order valence-corrected chi connectivity index (χ2v) is 21.2. The Bertz CT molecular complexity index is 3330. The molecule has 0 saturated heterocycles. The number of carboxylic acids is 1. The number of aromatic carboxylic acids is 1. The quantitative estimate of drug-likeness (QED) is 0.0586. The zero-order valence-corrected chi connectivity index (χ0v) is 49.9. The number of carbonyl (C=O) groups is 6. The smallest absolute Gasteiger partial charge is 0.336 e. The van der Waals surface area contributed by atoms with Crippen LogP contribution in [0.15, 0.2) is 152 Å². The van der Waals surface area contributed by atoms with Crippen molar-refractivity contribution < 1.29 is 33.9 Å². The molecule has 7 aromatic rings. The number of fused-ring (bicyclic) bond motifs is 1. The lowest BCUT2D eigenvalue weighted by molar-refractivity contribution is -0.118. The minimum Gasteiger partial charge on any atom is -0.478 e. The first-order valence-electron chi connectivity index (χ1n) is 24.8. The molecule has 0 aliphatic heterocycles. The zero-order chi connectivity index (χ0) is 59.1. The van der Waals surface area contributed by atoms with Crippen LogP contribution in [0.3, 0.4) is 0 Å². The summed E-state index contributed by atoms with van der Waals surface area (Å²) < 4.78 is 0. The Hall–Kier alpha value is -6.32. The van der Waals surface area contributed by atoms with E-state index in [1.807, 2.05) is 36.4 Å². The number of nitrogens with one attached hydrogen (secondary N) is 5. The van der Waals surface area contributed by atoms with E-state index in [4.69, 9.17) is 92.8 Å². The van der Waals surface area contributed by atoms with Gasteiger partial charge in [-0.1, -0.05) is 182 Å². The van der Waals surface area contributed by atoms with Gasteiger partial charge in [0, 0.05) is 58.2 Å². The minimum absolute atomic E-state index is 0.0137. The maximum atomic E-state index is 12.4. The van der Waals surface area contributed by atoms with Crippen LogP contribution in [-0.4, -0.2) is 40.6 Å². The highest BCUT2D eigenvalue weighted by molar-refractivity contribution is 6.43. The van der Waals surface area contributed by atoms with Gasteiger partial charge in [0.05, 0.1) is 51.3 Å². The van der Waals surface area contributed by atoms with E-state index in [9.17, 15) is 33.9 Å². The highest BCUT2D eigenvalue weighted by Crippen LogP contribution is 2.32. The maximum Gasteiger partial charge on any atom is 0.336 e. The van der Waals surface area contributed by atoms with E-state index in [0.29, 0.717) is 93.0 Å². The van der Waals surface area contributed by atoms with Crippen molar-refractivity contribution in [2.45, 2.75) is 66.2 Å². The number of amides is 5. The van der Waals surface area contributed by atoms with Gasteiger partial charge in [-0.3, -0.25) is 24.0 Å². The van der Waals surface area contributed by atoms with Crippen molar-refractivity contribution in [1.29, 1.82) is 0 Å². The molecule has 12 nitrogen and oxygen atoms in total. The molecule has 0 bridgehead atoms. The lowest BCUT2D eigenvalue weighted by Crippen LogP contribution is -2.16. The van der Waals surface area contributed by atoms with Gasteiger partial charge in [-0.25, -0.2) is 4.79 Å². The number of rotatable bonds is 14. The molecule has 20 heteroatoms. The van der Waals surface area contributed by atoms with E-state index in [-0.39, 0.29) is 40.7 Å². The van der Waals surface area contributed by atoms with E-state index in [1.165, 1.54) is 12.1 Å². The van der Waals surface area contributed by atoms with Crippen LogP contribution in [0.2, 0.25) is 40.2 Å². The first-order chi connectivity index (χ1) is 38.0. The molecule has 0 aromatic heterocycles. The number of anilines is 5. The molecular weight excluding hydrogens is 1190 g/mol. The van der Waals surface area contributed by atoms with Gasteiger partial charge >= 0.3 is 5.97 Å². The zero-order valence-electron chi connectivity index (χ0n) is 43.8. The summed E-state index contributed by atoms with van der Waals surface area (Å²) in [5.74, 6) is -1.14. The van der Waals surface area contributed by atoms with Crippen LogP contribution in [0.5, 0.6) is 0 Å². The third-order valence-corrected chi connectivity index (χ3v) is 14.1. The van der Waals surface area contributed by atoms with Crippen molar-refractivity contribution in [3.8, 4) is 0 Å². The molecule has 420 valence electrons. The third-order valence-electron chi connectivity index (χ3n) is 11.2. The largest absolute Gasteiger partial charge is 0.478 e. The topological polar surface area (TPSA) is 183 Å². The lowest BCUT2D eigenvalue weighted by atomic mass is 10.0. The Morgan fingerprint density at radius 1 is 0.537 bits per heavy atom. The van der Waals surface area contributed by atoms with Gasteiger partial charge in [0.1, 0.15) is 0 Å². The van der Waals surface area contributed by atoms with Crippen molar-refractivity contribution in [2.75, 3.05) is 26.6 Å². The van der Waals surface area contributed by atoms with Crippen molar-refractivity contribution in [1.82, 2.24) is 0 Å². The molecule has 0 spiro atoms. The number of carbonyl (C=O) groups excluding carboxylic acids is 5. The number of hydrogen-bond donors (Lipinski definition) is 6. The number of hydrogen-bond acceptors (Lipinski definition) is 6. The third kappa shape index (κ3) is 22.7. The molecule has 0 radical (unpaired) electrons. The molecule has 1 aliphatic rings. The monoisotopic (exact) mass is 1240 g/mol. The fraction of sp³-hybridized carbons (Fsp3) is 0.200. The molecule has 1 unspecified atom stereocenters. The van der Waals surface area contributed by atoms with Crippen molar-refractivity contribution in [3.05, 3.63) is 203 Å². The molecule has 1 saturated carbocycles. The summed E-state index contributed by atoms with van der Waals surface area (Å²) in [6.07, 6.45) is 5.13. The van der Waals surface area contributed by atoms with Gasteiger partial charge in [0.2, 0.25) is 17.7 Å². The predicted octanol–water partition coefficient (Wildman–Crippen LogP) is 18.7. The minimum atomic E-state index is -1.12. The van der Waals surface area contributed by atoms with E-state index >= 15 is 0 Å². The lowest BCUT2D eigenvalue weighted by Gasteiger charge is -2.10. The van der Waals surface area contributed by atoms with Gasteiger partial charge in [0.15, 0.2) is 0 Å². The van der Waals surface area contributed by atoms with Crippen molar-refractivity contribution >= 4 is 168 Å². The number of carboxylic acid groups (broad SMARTS) is 1. The first-order valence-corrected chi connectivity index (χ1v) is 27.8. The van der Waals surface area contributed by atoms with Gasteiger partial charge in [-0.15, -0.1) is 0 Å². The molecule has 1 atom stereocenters. The normalized spacial score (nSPS) is 11.4. The second kappa shape index (κ2) is 33.4. The van der Waals surface area contributed by atoms with E-state index < -0.39 is 11.9 Å². The molecule has 7 aromatic carbocycles. The van der Waals surface area contributed by atoms with Crippen LogP contribution in [0.25, 0.3) is 10.8 Å². The van der Waals surface area contributed by atoms with E-state index in [0.717, 1.165) is 36.5 Å². The first kappa shape index (κ1) is 66.2. The van der Waals surface area contributed by atoms with Crippen LogP contribution in [0.4, 0.5) is 28.4 Å². The van der Waals surface area contributed by atoms with E-state index in [2.05, 4.69) is 47.0 Å². The van der Waals surface area contributed by atoms with Gasteiger partial charge < -0.3 is 31.7 Å². The number of halogens is 8. The molecule has 6 N–H and O–H groups in total. The fourth-order valence-corrected chi connectivity index (χ4v) is 8.08. The SMILES string of the molecule is C=C(C)C(=O)Nc1ccc(Cl)c(Cl)c1.CCC(=O)Nc1ccc(Cl)c(Cl)c1.CCCC(C)CC(=O)Nc1ccc(Cl)c(Cl)c1.O=C(Nc1ccc(Cl)c(Cl)c1)C1CC1.O=C(O)c1ccccc1C(=O)Nc1cccc2ccccc12. The van der Waals surface area contributed by atoms with Crippen molar-refractivity contribution in [3.63, 3.8) is 0 Å². The molecule has 0 heterocycles. The van der Waals surface area contributed by atoms with Crippen LogP contribution < -0.4 is 26.6 Å². The Balaban J connectivity index is 0.000000219. The van der Waals surface area contributed by atoms with Gasteiger partial charge in [-0.2, -0.15) is 0 Å². The summed E-state index contributed by atoms with van der Waals surface area (Å²) in [5.41, 5.74) is 3.89. The maximum absolute atomic E-state index is 12.4. The van der Waals surface area contributed by atoms with Crippen molar-refractivity contribution in [2.24, 2.45) is 11.8 Å². The fourth-order valence-electron chi connectivity index (χ4n) is 6.89. The van der Waals surface area contributed by atoms with Crippen LogP contribution in [0.1, 0.15) is 86.9 Å². The van der Waals surface area contributed by atoms with Gasteiger partial charge in [0.25, 0.3) is 11.8 Å². The van der Waals surface area contributed by atoms with E-state index in [1.54, 1.807) is 105 Å². The Kier molecular flexibility index (Phi) is 27.7. The summed E-state index contributed by atoms with van der Waals surface area (Å²) >= 11 is 46.2. The van der Waals surface area contributed by atoms with Crippen LogP contribution in [-0.2, 0) is 19.2 Å². The molecule has 5 amide bonds. The van der Waals surface area contributed by atoms with Crippen LogP contribution >= 0.6 is 92.8 Å². The number of benzene rings is 7. The summed E-state index contributed by atoms with van der Waals surface area (Å²) in [4.78, 5) is 68.9. The summed E-state index contributed by atoms with van der Waals surface area (Å²) in [5, 5.41) is 28.5. The highest BCUT2D eigenvalue weighted by atomic mass is 35.5. The standard InChI is InChI=1S/C18H13NO3.C13H17Cl2NO.2C10H9Cl2NO.C9H9Cl2NO/c20-17(14-9-3-4-10-15(14)18(21)22)19-16-11-5-7-12-6-1-2-8-13(12)16;1-3-4-9(2)7-13(17)16-10-5-6-11(14)12(15)8-10;11-8-4-3-7(5-9(8)12)13-10(14)6-1-2-6;1-6(2)10(14)13-7-3-4-8(11)9(12)5-7;1-2-9(13)12-6-3-4-7(10)8(11)5-6/h1-11H,(H,19,20)(H,21,22);5-6,8-9H,3-4,7H2,1-2H3,(H,16,17);3-6H,1-2H2,(H,13,14);3-5H,1H2,2H3,(H,13,14);3-5H,2H2,1H3,(H,12,13). The summed E-state index contributed by atoms with van der Waals surface area (Å²) in [6, 6.07) is 39.5. The Morgan fingerprint density at radius 2 is 0.975 bits per heavy atom. The Labute approximate surface area is 505 Å². The average molecular weight is 1240 g/mol. The molecule has 80 heavy (non-hydrogen) atoms. The predicted molar refractivity (Wildman–Crippen MR) is 332 cm³/mol. The summed E-state index contributed by atoms with van der Waals surface area (Å²) in [6.45, 7) is 11.1. The second-order valence-electron chi connectivity index (χ2n) is 17.9. The molecule has 1 fully saturated rings.